The van der Waals surface area contributed by atoms with E-state index in [1.165, 1.54) is 6.42 Å². The summed E-state index contributed by atoms with van der Waals surface area (Å²) >= 11 is 0. The van der Waals surface area contributed by atoms with Crippen LogP contribution in [0.4, 0.5) is 0 Å². The predicted molar refractivity (Wildman–Crippen MR) is 44.0 cm³/mol. The van der Waals surface area contributed by atoms with Crippen molar-refractivity contribution >= 4 is 0 Å². The Kier molecular flexibility index (Phi) is 1.07. The first-order valence-corrected chi connectivity index (χ1v) is 4.97. The normalized spacial score (nSPS) is 66.3. The third kappa shape index (κ3) is 0.685. The summed E-state index contributed by atoms with van der Waals surface area (Å²) in [5.74, 6) is 1.20. The van der Waals surface area contributed by atoms with E-state index in [4.69, 9.17) is 14.2 Å². The van der Waals surface area contributed by atoms with Crippen molar-refractivity contribution in [3.63, 3.8) is 0 Å². The van der Waals surface area contributed by atoms with Crippen molar-refractivity contribution in [3.05, 3.63) is 12.7 Å². The fraction of sp³-hybridized carbons (Fsp3) is 0.800. The van der Waals surface area contributed by atoms with Gasteiger partial charge in [0.25, 0.3) is 0 Å². The molecular weight excluding hydrogens is 168 g/mol. The fourth-order valence-electron chi connectivity index (χ4n) is 3.35. The monoisotopic (exact) mass is 180 g/mol. The molecule has 70 valence electrons. The highest BCUT2D eigenvalue weighted by Crippen LogP contribution is 2.59. The van der Waals surface area contributed by atoms with E-state index >= 15 is 0 Å². The molecule has 0 radical (unpaired) electrons. The highest BCUT2D eigenvalue weighted by molar-refractivity contribution is 5.17. The van der Waals surface area contributed by atoms with Crippen molar-refractivity contribution in [1.82, 2.24) is 0 Å². The molecule has 2 aliphatic carbocycles. The lowest BCUT2D eigenvalue weighted by molar-refractivity contribution is -0.0536. The quantitative estimate of drug-likeness (QED) is 0.439. The summed E-state index contributed by atoms with van der Waals surface area (Å²) in [6, 6.07) is 0. The lowest BCUT2D eigenvalue weighted by Crippen LogP contribution is -2.33. The molecule has 0 aromatic carbocycles. The number of ether oxygens (including phenoxy) is 3. The van der Waals surface area contributed by atoms with Crippen molar-refractivity contribution in [2.75, 3.05) is 0 Å². The molecule has 3 nitrogen and oxygen atoms in total. The van der Waals surface area contributed by atoms with Gasteiger partial charge in [0.15, 0.2) is 6.29 Å². The highest BCUT2D eigenvalue weighted by atomic mass is 16.7. The van der Waals surface area contributed by atoms with Gasteiger partial charge < -0.3 is 14.2 Å². The van der Waals surface area contributed by atoms with Gasteiger partial charge in [0.2, 0.25) is 0 Å². The van der Waals surface area contributed by atoms with Gasteiger partial charge in [-0.25, -0.2) is 0 Å². The van der Waals surface area contributed by atoms with Gasteiger partial charge in [-0.1, -0.05) is 6.58 Å². The van der Waals surface area contributed by atoms with E-state index < -0.39 is 0 Å². The molecule has 2 aliphatic heterocycles. The molecular formula is C10H12O3. The Balaban J connectivity index is 1.67. The second kappa shape index (κ2) is 2.00. The Morgan fingerprint density at radius 3 is 2.00 bits per heavy atom. The third-order valence-electron chi connectivity index (χ3n) is 3.89. The van der Waals surface area contributed by atoms with Crippen molar-refractivity contribution in [1.29, 1.82) is 0 Å². The van der Waals surface area contributed by atoms with E-state index in [-0.39, 0.29) is 18.5 Å². The summed E-state index contributed by atoms with van der Waals surface area (Å²) in [4.78, 5) is 0. The Bertz CT molecular complexity index is 255. The summed E-state index contributed by atoms with van der Waals surface area (Å²) in [6.45, 7) is 3.69. The molecule has 0 amide bonds. The molecule has 4 aliphatic rings. The van der Waals surface area contributed by atoms with Crippen molar-refractivity contribution in [2.24, 2.45) is 11.8 Å². The summed E-state index contributed by atoms with van der Waals surface area (Å²) in [5, 5.41) is 0. The average Bonchev–Trinajstić information content (AvgIpc) is 2.59. The average molecular weight is 180 g/mol. The van der Waals surface area contributed by atoms with Crippen LogP contribution in [0.2, 0.25) is 0 Å². The SMILES string of the molecule is C=CC1O[C@@H]2[C@H]3C[C@H]([C@H]4O[C@@H]34)[C@@H]2O1. The molecule has 7 atom stereocenters. The van der Waals surface area contributed by atoms with Gasteiger partial charge >= 0.3 is 0 Å². The fourth-order valence-corrected chi connectivity index (χ4v) is 3.35. The van der Waals surface area contributed by atoms with E-state index in [0.29, 0.717) is 24.0 Å². The molecule has 2 saturated carbocycles. The van der Waals surface area contributed by atoms with Crippen molar-refractivity contribution < 1.29 is 14.2 Å². The Hall–Kier alpha value is -0.380. The van der Waals surface area contributed by atoms with Crippen LogP contribution in [0.3, 0.4) is 0 Å². The minimum Gasteiger partial charge on any atom is -0.369 e. The maximum Gasteiger partial charge on any atom is 0.177 e. The van der Waals surface area contributed by atoms with Gasteiger partial charge in [-0.05, 0) is 12.5 Å². The maximum atomic E-state index is 5.75. The molecule has 0 N–H and O–H groups in total. The summed E-state index contributed by atoms with van der Waals surface area (Å²) in [6.07, 6.45) is 4.39. The first-order valence-electron chi connectivity index (χ1n) is 4.97. The van der Waals surface area contributed by atoms with Crippen molar-refractivity contribution in [3.8, 4) is 0 Å². The molecule has 3 heteroatoms. The smallest absolute Gasteiger partial charge is 0.177 e. The van der Waals surface area contributed by atoms with Gasteiger partial charge in [0.05, 0.1) is 24.4 Å². The zero-order chi connectivity index (χ0) is 8.58. The van der Waals surface area contributed by atoms with Crippen LogP contribution in [0.25, 0.3) is 0 Å². The molecule has 2 saturated heterocycles. The zero-order valence-corrected chi connectivity index (χ0v) is 7.26. The summed E-state index contributed by atoms with van der Waals surface area (Å²) < 4.78 is 17.0. The van der Waals surface area contributed by atoms with E-state index in [2.05, 4.69) is 6.58 Å². The van der Waals surface area contributed by atoms with Crippen LogP contribution in [-0.4, -0.2) is 30.7 Å². The maximum absolute atomic E-state index is 5.75. The number of epoxide rings is 1. The number of rotatable bonds is 1. The summed E-state index contributed by atoms with van der Waals surface area (Å²) in [5.41, 5.74) is 0. The number of hydrogen-bond acceptors (Lipinski definition) is 3. The molecule has 4 rings (SSSR count). The Labute approximate surface area is 76.7 Å². The van der Waals surface area contributed by atoms with E-state index in [1.807, 2.05) is 0 Å². The topological polar surface area (TPSA) is 31.0 Å². The molecule has 0 aromatic rings. The van der Waals surface area contributed by atoms with Crippen LogP contribution in [-0.2, 0) is 14.2 Å². The minimum absolute atomic E-state index is 0.169. The first-order chi connectivity index (χ1) is 6.38. The van der Waals surface area contributed by atoms with Gasteiger partial charge in [-0.3, -0.25) is 0 Å². The van der Waals surface area contributed by atoms with Crippen LogP contribution < -0.4 is 0 Å². The van der Waals surface area contributed by atoms with E-state index in [0.717, 1.165) is 0 Å². The molecule has 0 spiro atoms. The summed E-state index contributed by atoms with van der Waals surface area (Å²) in [7, 11) is 0. The lowest BCUT2D eigenvalue weighted by atomic mass is 9.95. The van der Waals surface area contributed by atoms with Crippen molar-refractivity contribution in [2.45, 2.75) is 37.1 Å². The Morgan fingerprint density at radius 1 is 0.923 bits per heavy atom. The van der Waals surface area contributed by atoms with Crippen LogP contribution in [0.5, 0.6) is 0 Å². The van der Waals surface area contributed by atoms with Gasteiger partial charge in [0, 0.05) is 11.8 Å². The van der Waals surface area contributed by atoms with Gasteiger partial charge in [0.1, 0.15) is 0 Å². The molecule has 2 bridgehead atoms. The number of hydrogen-bond donors (Lipinski definition) is 0. The van der Waals surface area contributed by atoms with E-state index in [9.17, 15) is 0 Å². The lowest BCUT2D eigenvalue weighted by Gasteiger charge is -2.17. The molecule has 1 unspecified atom stereocenters. The number of fused-ring (bicyclic) bond motifs is 8. The molecule has 13 heavy (non-hydrogen) atoms. The first kappa shape index (κ1) is 6.98. The van der Waals surface area contributed by atoms with Gasteiger partial charge in [-0.2, -0.15) is 0 Å². The van der Waals surface area contributed by atoms with Crippen LogP contribution >= 0.6 is 0 Å². The van der Waals surface area contributed by atoms with Gasteiger partial charge in [-0.15, -0.1) is 0 Å². The molecule has 0 aromatic heterocycles. The molecule has 4 fully saturated rings. The van der Waals surface area contributed by atoms with Crippen LogP contribution in [0, 0.1) is 11.8 Å². The van der Waals surface area contributed by atoms with Crippen LogP contribution in [0.15, 0.2) is 12.7 Å². The van der Waals surface area contributed by atoms with E-state index in [1.54, 1.807) is 6.08 Å². The largest absolute Gasteiger partial charge is 0.369 e. The standard InChI is InChI=1S/C10H12O3/c1-2-6-11-7-4-3-5(8(7)12-6)10-9(4)13-10/h2,4-10H,1,3H2/t4-,5+,6?,7-,8+,9+,10-. The second-order valence-electron chi connectivity index (χ2n) is 4.43. The predicted octanol–water partition coefficient (Wildman–Crippen LogP) is 0.700. The zero-order valence-electron chi connectivity index (χ0n) is 7.26. The molecule has 2 heterocycles. The third-order valence-corrected chi connectivity index (χ3v) is 3.89. The van der Waals surface area contributed by atoms with Crippen LogP contribution in [0.1, 0.15) is 6.42 Å². The minimum atomic E-state index is -0.169. The highest BCUT2D eigenvalue weighted by Gasteiger charge is 2.70. The Morgan fingerprint density at radius 2 is 1.46 bits per heavy atom. The second-order valence-corrected chi connectivity index (χ2v) is 4.43.